The van der Waals surface area contributed by atoms with Gasteiger partial charge in [-0.1, -0.05) is 36.1 Å². The molecule has 15 heavy (non-hydrogen) atoms. The fourth-order valence-corrected chi connectivity index (χ4v) is 2.11. The van der Waals surface area contributed by atoms with E-state index in [0.717, 1.165) is 16.9 Å². The van der Waals surface area contributed by atoms with Crippen LogP contribution in [0.25, 0.3) is 11.1 Å². The zero-order chi connectivity index (χ0) is 10.8. The summed E-state index contributed by atoms with van der Waals surface area (Å²) in [7, 11) is 0. The maximum atomic E-state index is 11.6. The van der Waals surface area contributed by atoms with Gasteiger partial charge in [0, 0.05) is 0 Å². The summed E-state index contributed by atoms with van der Waals surface area (Å²) in [4.78, 5) is 10.5. The minimum absolute atomic E-state index is 0.131. The number of aromatic carboxylic acids is 1. The van der Waals surface area contributed by atoms with Crippen molar-refractivity contribution in [1.82, 2.24) is 0 Å². The molecular formula is C11H7O3S-. The lowest BCUT2D eigenvalue weighted by Crippen LogP contribution is -2.00. The topological polar surface area (TPSA) is 60.4 Å². The SMILES string of the molecule is O=C(O)c1scc(-c2ccccc2)c1[O-]. The van der Waals surface area contributed by atoms with Crippen LogP contribution in [0.2, 0.25) is 0 Å². The molecule has 0 bridgehead atoms. The van der Waals surface area contributed by atoms with Crippen molar-refractivity contribution in [2.75, 3.05) is 0 Å². The van der Waals surface area contributed by atoms with Gasteiger partial charge in [-0.15, -0.1) is 11.3 Å². The van der Waals surface area contributed by atoms with Crippen molar-refractivity contribution in [3.8, 4) is 16.9 Å². The molecule has 0 amide bonds. The van der Waals surface area contributed by atoms with Crippen molar-refractivity contribution in [2.45, 2.75) is 0 Å². The summed E-state index contributed by atoms with van der Waals surface area (Å²) in [5, 5.41) is 22.0. The van der Waals surface area contributed by atoms with E-state index < -0.39 is 11.7 Å². The lowest BCUT2D eigenvalue weighted by atomic mass is 10.1. The van der Waals surface area contributed by atoms with E-state index in [9.17, 15) is 9.90 Å². The molecule has 2 aromatic rings. The molecule has 0 aliphatic rings. The molecule has 0 spiro atoms. The van der Waals surface area contributed by atoms with Gasteiger partial charge in [0.1, 0.15) is 4.88 Å². The monoisotopic (exact) mass is 219 g/mol. The number of rotatable bonds is 2. The second-order valence-electron chi connectivity index (χ2n) is 2.98. The fourth-order valence-electron chi connectivity index (χ4n) is 1.31. The van der Waals surface area contributed by atoms with E-state index in [1.54, 1.807) is 17.5 Å². The molecule has 0 saturated heterocycles. The standard InChI is InChI=1S/C11H8O3S/c12-9-8(6-15-10(9)11(13)14)7-4-2-1-3-5-7/h1-6,12H,(H,13,14)/p-1. The third kappa shape index (κ3) is 1.71. The first-order valence-corrected chi connectivity index (χ1v) is 5.15. The van der Waals surface area contributed by atoms with E-state index in [-0.39, 0.29) is 4.88 Å². The van der Waals surface area contributed by atoms with E-state index in [4.69, 9.17) is 5.11 Å². The number of thiophene rings is 1. The van der Waals surface area contributed by atoms with Gasteiger partial charge in [0.2, 0.25) is 0 Å². The van der Waals surface area contributed by atoms with Gasteiger partial charge in [-0.05, 0) is 16.5 Å². The summed E-state index contributed by atoms with van der Waals surface area (Å²) in [6, 6.07) is 9.04. The molecule has 0 radical (unpaired) electrons. The first-order valence-electron chi connectivity index (χ1n) is 4.27. The maximum absolute atomic E-state index is 11.6. The first-order chi connectivity index (χ1) is 7.20. The van der Waals surface area contributed by atoms with Gasteiger partial charge in [0.25, 0.3) is 0 Å². The Bertz CT molecular complexity index is 488. The van der Waals surface area contributed by atoms with Crippen molar-refractivity contribution in [3.05, 3.63) is 40.6 Å². The number of hydrogen-bond acceptors (Lipinski definition) is 3. The summed E-state index contributed by atoms with van der Waals surface area (Å²) in [6.45, 7) is 0. The van der Waals surface area contributed by atoms with Crippen LogP contribution in [0.3, 0.4) is 0 Å². The molecule has 0 atom stereocenters. The molecular weight excluding hydrogens is 212 g/mol. The van der Waals surface area contributed by atoms with Crippen LogP contribution in [-0.4, -0.2) is 11.1 Å². The van der Waals surface area contributed by atoms with Crippen LogP contribution in [0.15, 0.2) is 35.7 Å². The van der Waals surface area contributed by atoms with Crippen LogP contribution in [-0.2, 0) is 0 Å². The van der Waals surface area contributed by atoms with Gasteiger partial charge in [-0.3, -0.25) is 0 Å². The Morgan fingerprint density at radius 2 is 1.93 bits per heavy atom. The molecule has 1 heterocycles. The summed E-state index contributed by atoms with van der Waals surface area (Å²) in [5.41, 5.74) is 1.21. The lowest BCUT2D eigenvalue weighted by molar-refractivity contribution is -0.267. The average Bonchev–Trinajstić information content (AvgIpc) is 2.61. The summed E-state index contributed by atoms with van der Waals surface area (Å²) >= 11 is 0.967. The second-order valence-corrected chi connectivity index (χ2v) is 3.86. The molecule has 0 aliphatic carbocycles. The summed E-state index contributed by atoms with van der Waals surface area (Å²) < 4.78 is 0. The van der Waals surface area contributed by atoms with Crippen LogP contribution < -0.4 is 5.11 Å². The van der Waals surface area contributed by atoms with Crippen LogP contribution in [0.5, 0.6) is 5.75 Å². The molecule has 0 saturated carbocycles. The third-order valence-electron chi connectivity index (χ3n) is 2.02. The van der Waals surface area contributed by atoms with E-state index >= 15 is 0 Å². The Hall–Kier alpha value is -1.81. The van der Waals surface area contributed by atoms with Gasteiger partial charge in [0.05, 0.1) is 0 Å². The first kappa shape index (κ1) is 9.73. The van der Waals surface area contributed by atoms with E-state index in [0.29, 0.717) is 5.56 Å². The second kappa shape index (κ2) is 3.74. The molecule has 4 heteroatoms. The summed E-state index contributed by atoms with van der Waals surface area (Å²) in [6.07, 6.45) is 0. The van der Waals surface area contributed by atoms with Gasteiger partial charge < -0.3 is 10.2 Å². The highest BCUT2D eigenvalue weighted by Gasteiger charge is 2.10. The van der Waals surface area contributed by atoms with E-state index in [1.165, 1.54) is 0 Å². The highest BCUT2D eigenvalue weighted by atomic mass is 32.1. The predicted molar refractivity (Wildman–Crippen MR) is 56.2 cm³/mol. The van der Waals surface area contributed by atoms with E-state index in [1.807, 2.05) is 18.2 Å². The minimum Gasteiger partial charge on any atom is -0.871 e. The molecule has 0 unspecified atom stereocenters. The Morgan fingerprint density at radius 1 is 1.27 bits per heavy atom. The molecule has 1 aromatic heterocycles. The Morgan fingerprint density at radius 3 is 2.47 bits per heavy atom. The molecule has 3 nitrogen and oxygen atoms in total. The summed E-state index contributed by atoms with van der Waals surface area (Å²) in [5.74, 6) is -1.56. The van der Waals surface area contributed by atoms with Crippen molar-refractivity contribution in [1.29, 1.82) is 0 Å². The maximum Gasteiger partial charge on any atom is 0.345 e. The fraction of sp³-hybridized carbons (Fsp3) is 0. The smallest absolute Gasteiger partial charge is 0.345 e. The van der Waals surface area contributed by atoms with Crippen molar-refractivity contribution in [3.63, 3.8) is 0 Å². The third-order valence-corrected chi connectivity index (χ3v) is 2.97. The Kier molecular flexibility index (Phi) is 2.43. The van der Waals surface area contributed by atoms with Crippen LogP contribution >= 0.6 is 11.3 Å². The molecule has 2 rings (SSSR count). The predicted octanol–water partition coefficient (Wildman–Crippen LogP) is 2.19. The lowest BCUT2D eigenvalue weighted by Gasteiger charge is -2.08. The highest BCUT2D eigenvalue weighted by molar-refractivity contribution is 7.12. The van der Waals surface area contributed by atoms with Crippen LogP contribution in [0.1, 0.15) is 9.67 Å². The van der Waals surface area contributed by atoms with Crippen LogP contribution in [0.4, 0.5) is 0 Å². The van der Waals surface area contributed by atoms with E-state index in [2.05, 4.69) is 0 Å². The Balaban J connectivity index is 2.52. The molecule has 76 valence electrons. The van der Waals surface area contributed by atoms with Crippen molar-refractivity contribution in [2.24, 2.45) is 0 Å². The normalized spacial score (nSPS) is 10.1. The number of carbonyl (C=O) groups is 1. The average molecular weight is 219 g/mol. The molecule has 0 aliphatic heterocycles. The number of carboxylic acid groups (broad SMARTS) is 1. The number of benzene rings is 1. The molecule has 1 N–H and O–H groups in total. The quantitative estimate of drug-likeness (QED) is 0.842. The largest absolute Gasteiger partial charge is 0.871 e. The molecule has 1 aromatic carbocycles. The van der Waals surface area contributed by atoms with Gasteiger partial charge in [-0.25, -0.2) is 4.79 Å². The van der Waals surface area contributed by atoms with Crippen LogP contribution in [0, 0.1) is 0 Å². The zero-order valence-corrected chi connectivity index (χ0v) is 8.45. The van der Waals surface area contributed by atoms with Crippen molar-refractivity contribution < 1.29 is 15.0 Å². The van der Waals surface area contributed by atoms with Gasteiger partial charge in [-0.2, -0.15) is 0 Å². The van der Waals surface area contributed by atoms with Crippen molar-refractivity contribution >= 4 is 17.3 Å². The number of carboxylic acids is 1. The molecule has 0 fully saturated rings. The van der Waals surface area contributed by atoms with Gasteiger partial charge >= 0.3 is 5.97 Å². The highest BCUT2D eigenvalue weighted by Crippen LogP contribution is 2.34. The Labute approximate surface area is 90.2 Å². The zero-order valence-electron chi connectivity index (χ0n) is 7.64. The van der Waals surface area contributed by atoms with Gasteiger partial charge in [0.15, 0.2) is 0 Å². The number of hydrogen-bond donors (Lipinski definition) is 1. The minimum atomic E-state index is -1.16.